The van der Waals surface area contributed by atoms with E-state index in [4.69, 9.17) is 21.3 Å². The van der Waals surface area contributed by atoms with Crippen molar-refractivity contribution in [1.82, 2.24) is 39.5 Å². The summed E-state index contributed by atoms with van der Waals surface area (Å²) in [6, 6.07) is 0. The zero-order valence-corrected chi connectivity index (χ0v) is 21.1. The van der Waals surface area contributed by atoms with Crippen LogP contribution in [0.25, 0.3) is 22.8 Å². The number of rotatable bonds is 3. The van der Waals surface area contributed by atoms with E-state index in [0.717, 1.165) is 52.2 Å². The van der Waals surface area contributed by atoms with E-state index in [1.807, 2.05) is 0 Å². The quantitative estimate of drug-likeness (QED) is 0.325. The third-order valence-corrected chi connectivity index (χ3v) is 6.47. The molecule has 6 rings (SSSR count). The molecule has 0 saturated carbocycles. The highest BCUT2D eigenvalue weighted by atomic mass is 16.5. The Morgan fingerprint density at radius 2 is 1.34 bits per heavy atom. The molecule has 0 saturated heterocycles. The zero-order valence-electron chi connectivity index (χ0n) is 21.1. The molecule has 4 heterocycles. The van der Waals surface area contributed by atoms with Gasteiger partial charge < -0.3 is 21.3 Å². The van der Waals surface area contributed by atoms with Crippen LogP contribution in [0.15, 0.2) is 12.4 Å². The van der Waals surface area contributed by atoms with Gasteiger partial charge in [-0.3, -0.25) is 9.36 Å². The Kier molecular flexibility index (Phi) is 6.22. The van der Waals surface area contributed by atoms with Crippen LogP contribution in [-0.4, -0.2) is 63.1 Å². The molecule has 4 aromatic heterocycles. The van der Waals surface area contributed by atoms with Crippen molar-refractivity contribution in [2.24, 2.45) is 14.1 Å². The van der Waals surface area contributed by atoms with Gasteiger partial charge in [-0.15, -0.1) is 0 Å². The number of ether oxygens (including phenoxy) is 1. The van der Waals surface area contributed by atoms with Crippen LogP contribution in [-0.2, 0) is 44.5 Å². The third kappa shape index (κ3) is 4.19. The highest BCUT2D eigenvalue weighted by molar-refractivity contribution is 5.92. The first-order chi connectivity index (χ1) is 18.2. The number of anilines is 2. The van der Waals surface area contributed by atoms with Gasteiger partial charge in [0.2, 0.25) is 11.9 Å². The molecule has 2 aliphatic rings. The molecule has 0 unspecified atom stereocenters. The van der Waals surface area contributed by atoms with Crippen molar-refractivity contribution in [1.29, 1.82) is 0 Å². The molecule has 0 bridgehead atoms. The number of esters is 1. The average Bonchev–Trinajstić information content (AvgIpc) is 3.42. The Balaban J connectivity index is 0.000000156. The summed E-state index contributed by atoms with van der Waals surface area (Å²) < 4.78 is 8.25. The van der Waals surface area contributed by atoms with Crippen LogP contribution < -0.4 is 11.5 Å². The highest BCUT2D eigenvalue weighted by Crippen LogP contribution is 2.34. The Morgan fingerprint density at radius 1 is 0.868 bits per heavy atom. The standard InChI is InChI=1S/C13H15N5O2.C11H11N5O2/c1-3-20-12(19)10-8-5-4-7-6-15-13(14)16-9(7)11(8)18(2)17-10;1-16-9-6(8(15-16)10(17)18)3-2-5-4-13-11(12)14-7(5)9/h6H,3-5H2,1-2H3,(H2,14,15,16);4H,2-3H2,1H3,(H,17,18)(H2,12,13,14). The molecule has 38 heavy (non-hydrogen) atoms. The second-order valence-electron chi connectivity index (χ2n) is 8.83. The molecule has 0 atom stereocenters. The lowest BCUT2D eigenvalue weighted by molar-refractivity contribution is 0.0516. The van der Waals surface area contributed by atoms with Crippen molar-refractivity contribution in [3.05, 3.63) is 46.0 Å². The van der Waals surface area contributed by atoms with Crippen LogP contribution in [0.5, 0.6) is 0 Å². The SMILES string of the molecule is CCOC(=O)c1nn(C)c2c1CCc1cnc(N)nc1-2.Cn1nc(C(=O)O)c2c1-c1nc(N)ncc1CC2. The second-order valence-corrected chi connectivity index (χ2v) is 8.83. The first kappa shape index (κ1) is 24.8. The highest BCUT2D eigenvalue weighted by Gasteiger charge is 2.30. The topological polar surface area (TPSA) is 203 Å². The molecule has 4 aromatic rings. The van der Waals surface area contributed by atoms with Gasteiger partial charge in [-0.1, -0.05) is 0 Å². The second kappa shape index (κ2) is 9.53. The largest absolute Gasteiger partial charge is 0.476 e. The molecule has 0 aliphatic heterocycles. The van der Waals surface area contributed by atoms with E-state index in [2.05, 4.69) is 30.1 Å². The number of fused-ring (bicyclic) bond motifs is 6. The lowest BCUT2D eigenvalue weighted by atomic mass is 9.93. The maximum atomic E-state index is 12.0. The fraction of sp³-hybridized carbons (Fsp3) is 0.333. The lowest BCUT2D eigenvalue weighted by Gasteiger charge is -2.16. The fourth-order valence-electron chi connectivity index (χ4n) is 4.87. The fourth-order valence-corrected chi connectivity index (χ4v) is 4.87. The Morgan fingerprint density at radius 3 is 1.82 bits per heavy atom. The van der Waals surface area contributed by atoms with E-state index in [-0.39, 0.29) is 17.6 Å². The maximum absolute atomic E-state index is 12.0. The number of carboxylic acids is 1. The van der Waals surface area contributed by atoms with Crippen molar-refractivity contribution < 1.29 is 19.4 Å². The van der Waals surface area contributed by atoms with Crippen molar-refractivity contribution in [3.8, 4) is 22.8 Å². The number of nitrogen functional groups attached to an aromatic ring is 2. The number of carbonyl (C=O) groups excluding carboxylic acids is 1. The number of hydrogen-bond donors (Lipinski definition) is 3. The Bertz CT molecular complexity index is 1590. The summed E-state index contributed by atoms with van der Waals surface area (Å²) in [6.07, 6.45) is 6.24. The summed E-state index contributed by atoms with van der Waals surface area (Å²) in [5.74, 6) is -1.01. The molecule has 0 spiro atoms. The minimum atomic E-state index is -1.02. The van der Waals surface area contributed by atoms with Gasteiger partial charge in [0.15, 0.2) is 11.4 Å². The first-order valence-corrected chi connectivity index (χ1v) is 11.9. The van der Waals surface area contributed by atoms with E-state index < -0.39 is 11.9 Å². The van der Waals surface area contributed by atoms with Crippen molar-refractivity contribution in [3.63, 3.8) is 0 Å². The summed E-state index contributed by atoms with van der Waals surface area (Å²) in [6.45, 7) is 2.10. The third-order valence-electron chi connectivity index (χ3n) is 6.47. The van der Waals surface area contributed by atoms with Crippen LogP contribution in [0.1, 0.15) is 50.2 Å². The van der Waals surface area contributed by atoms with E-state index >= 15 is 0 Å². The van der Waals surface area contributed by atoms with E-state index in [1.165, 1.54) is 0 Å². The van der Waals surface area contributed by atoms with Crippen LogP contribution in [0.3, 0.4) is 0 Å². The number of aryl methyl sites for hydroxylation is 4. The maximum Gasteiger partial charge on any atom is 0.359 e. The zero-order chi connectivity index (χ0) is 27.1. The van der Waals surface area contributed by atoms with E-state index in [0.29, 0.717) is 30.8 Å². The average molecular weight is 519 g/mol. The molecule has 0 amide bonds. The molecular weight excluding hydrogens is 492 g/mol. The predicted molar refractivity (Wildman–Crippen MR) is 135 cm³/mol. The first-order valence-electron chi connectivity index (χ1n) is 11.9. The minimum absolute atomic E-state index is 0.0929. The summed E-state index contributed by atoms with van der Waals surface area (Å²) in [5.41, 5.74) is 18.3. The van der Waals surface area contributed by atoms with Gasteiger partial charge in [0.25, 0.3) is 0 Å². The molecule has 14 heteroatoms. The number of hydrogen-bond acceptors (Lipinski definition) is 11. The number of aromatic nitrogens is 8. The number of carboxylic acid groups (broad SMARTS) is 1. The summed E-state index contributed by atoms with van der Waals surface area (Å²) in [4.78, 5) is 39.5. The van der Waals surface area contributed by atoms with Gasteiger partial charge >= 0.3 is 11.9 Å². The molecule has 14 nitrogen and oxygen atoms in total. The minimum Gasteiger partial charge on any atom is -0.476 e. The van der Waals surface area contributed by atoms with Crippen LogP contribution in [0, 0.1) is 0 Å². The summed E-state index contributed by atoms with van der Waals surface area (Å²) >= 11 is 0. The van der Waals surface area contributed by atoms with E-state index in [9.17, 15) is 9.59 Å². The lowest BCUT2D eigenvalue weighted by Crippen LogP contribution is -2.12. The van der Waals surface area contributed by atoms with E-state index in [1.54, 1.807) is 42.8 Å². The van der Waals surface area contributed by atoms with Gasteiger partial charge in [-0.2, -0.15) is 10.2 Å². The van der Waals surface area contributed by atoms with Gasteiger partial charge in [0, 0.05) is 37.6 Å². The number of nitrogens with zero attached hydrogens (tertiary/aromatic N) is 8. The molecular formula is C24H26N10O4. The molecule has 2 aliphatic carbocycles. The number of aromatic carboxylic acids is 1. The molecule has 0 aromatic carbocycles. The van der Waals surface area contributed by atoms with Crippen LogP contribution in [0.4, 0.5) is 11.9 Å². The number of nitrogens with two attached hydrogens (primary N) is 2. The molecule has 0 radical (unpaired) electrons. The Hall–Kier alpha value is -4.88. The monoisotopic (exact) mass is 518 g/mol. The Labute approximate surface area is 216 Å². The summed E-state index contributed by atoms with van der Waals surface area (Å²) in [5, 5.41) is 17.4. The van der Waals surface area contributed by atoms with Gasteiger partial charge in [0.05, 0.1) is 29.4 Å². The van der Waals surface area contributed by atoms with Crippen molar-refractivity contribution >= 4 is 23.8 Å². The van der Waals surface area contributed by atoms with Crippen molar-refractivity contribution in [2.45, 2.75) is 32.6 Å². The van der Waals surface area contributed by atoms with Crippen LogP contribution in [0.2, 0.25) is 0 Å². The molecule has 196 valence electrons. The normalized spacial score (nSPS) is 12.8. The van der Waals surface area contributed by atoms with Crippen molar-refractivity contribution in [2.75, 3.05) is 18.1 Å². The van der Waals surface area contributed by atoms with Crippen LogP contribution >= 0.6 is 0 Å². The smallest absolute Gasteiger partial charge is 0.359 e. The number of carbonyl (C=O) groups is 2. The predicted octanol–water partition coefficient (Wildman–Crippen LogP) is 0.991. The van der Waals surface area contributed by atoms with Gasteiger partial charge in [-0.25, -0.2) is 29.5 Å². The van der Waals surface area contributed by atoms with Gasteiger partial charge in [0.1, 0.15) is 0 Å². The molecule has 5 N–H and O–H groups in total. The van der Waals surface area contributed by atoms with Gasteiger partial charge in [-0.05, 0) is 43.7 Å². The summed E-state index contributed by atoms with van der Waals surface area (Å²) in [7, 11) is 3.49. The molecule has 0 fully saturated rings.